The molecule has 2 rings (SSSR count). The molecule has 2 aromatic rings. The molecule has 21 heavy (non-hydrogen) atoms. The summed E-state index contributed by atoms with van der Waals surface area (Å²) in [7, 11) is -3.73. The van der Waals surface area contributed by atoms with Crippen LogP contribution in [0.3, 0.4) is 0 Å². The van der Waals surface area contributed by atoms with Crippen LogP contribution in [-0.2, 0) is 16.6 Å². The number of hydrogen-bond acceptors (Lipinski definition) is 3. The van der Waals surface area contributed by atoms with Crippen LogP contribution < -0.4 is 10.5 Å². The van der Waals surface area contributed by atoms with E-state index in [0.717, 1.165) is 5.56 Å². The molecule has 3 N–H and O–H groups in total. The number of nitrogens with one attached hydrogen (secondary N) is 1. The minimum atomic E-state index is -3.73. The molecule has 0 saturated carbocycles. The lowest BCUT2D eigenvalue weighted by atomic mass is 10.1. The molecule has 0 atom stereocenters. The summed E-state index contributed by atoms with van der Waals surface area (Å²) in [5, 5.41) is 0.709. The zero-order chi connectivity index (χ0) is 15.6. The van der Waals surface area contributed by atoms with Crippen molar-refractivity contribution in [2.45, 2.75) is 18.4 Å². The second kappa shape index (κ2) is 6.23. The summed E-state index contributed by atoms with van der Waals surface area (Å²) in [6.07, 6.45) is 0. The van der Waals surface area contributed by atoms with Crippen LogP contribution in [0.2, 0.25) is 10.0 Å². The van der Waals surface area contributed by atoms with Crippen molar-refractivity contribution in [3.63, 3.8) is 0 Å². The molecule has 0 unspecified atom stereocenters. The topological polar surface area (TPSA) is 72.2 Å². The van der Waals surface area contributed by atoms with Crippen molar-refractivity contribution in [2.75, 3.05) is 4.72 Å². The predicted molar refractivity (Wildman–Crippen MR) is 86.3 cm³/mol. The minimum absolute atomic E-state index is 0.182. The molecule has 4 nitrogen and oxygen atoms in total. The number of hydrogen-bond donors (Lipinski definition) is 2. The average Bonchev–Trinajstić information content (AvgIpc) is 2.37. The molecule has 0 aliphatic heterocycles. The molecule has 7 heteroatoms. The number of nitrogens with two attached hydrogens (primary N) is 1. The third kappa shape index (κ3) is 3.89. The van der Waals surface area contributed by atoms with Crippen molar-refractivity contribution in [1.82, 2.24) is 0 Å². The monoisotopic (exact) mass is 344 g/mol. The molecule has 0 saturated heterocycles. The zero-order valence-electron chi connectivity index (χ0n) is 11.2. The smallest absolute Gasteiger partial charge is 0.262 e. The maximum Gasteiger partial charge on any atom is 0.262 e. The van der Waals surface area contributed by atoms with Crippen LogP contribution in [0.4, 0.5) is 5.69 Å². The summed E-state index contributed by atoms with van der Waals surface area (Å²) in [6.45, 7) is 1.99. The van der Waals surface area contributed by atoms with E-state index in [1.807, 2.05) is 0 Å². The molecule has 0 heterocycles. The van der Waals surface area contributed by atoms with Gasteiger partial charge in [-0.3, -0.25) is 4.72 Å². The van der Waals surface area contributed by atoms with E-state index in [2.05, 4.69) is 4.72 Å². The number of rotatable bonds is 4. The van der Waals surface area contributed by atoms with Crippen molar-refractivity contribution in [1.29, 1.82) is 0 Å². The van der Waals surface area contributed by atoms with E-state index >= 15 is 0 Å². The lowest BCUT2D eigenvalue weighted by Crippen LogP contribution is -2.15. The Hall–Kier alpha value is -1.27. The molecule has 0 bridgehead atoms. The van der Waals surface area contributed by atoms with Crippen LogP contribution >= 0.6 is 23.2 Å². The molecule has 0 aromatic heterocycles. The van der Waals surface area contributed by atoms with Gasteiger partial charge >= 0.3 is 0 Å². The Kier molecular flexibility index (Phi) is 4.78. The molecular formula is C14H14Cl2N2O2S. The summed E-state index contributed by atoms with van der Waals surface area (Å²) in [4.78, 5) is 0.182. The third-order valence-electron chi connectivity index (χ3n) is 2.89. The van der Waals surface area contributed by atoms with Crippen molar-refractivity contribution in [3.8, 4) is 0 Å². The van der Waals surface area contributed by atoms with Gasteiger partial charge in [0.25, 0.3) is 10.0 Å². The van der Waals surface area contributed by atoms with Gasteiger partial charge in [0, 0.05) is 16.6 Å². The third-order valence-corrected chi connectivity index (χ3v) is 4.85. The van der Waals surface area contributed by atoms with Gasteiger partial charge in [-0.05, 0) is 42.3 Å². The quantitative estimate of drug-likeness (QED) is 0.890. The van der Waals surface area contributed by atoms with Crippen molar-refractivity contribution < 1.29 is 8.42 Å². The number of anilines is 1. The van der Waals surface area contributed by atoms with E-state index in [0.29, 0.717) is 21.3 Å². The maximum atomic E-state index is 12.5. The van der Waals surface area contributed by atoms with Crippen LogP contribution in [0.5, 0.6) is 0 Å². The number of aryl methyl sites for hydroxylation is 1. The van der Waals surface area contributed by atoms with Crippen molar-refractivity contribution in [3.05, 3.63) is 57.6 Å². The van der Waals surface area contributed by atoms with E-state index in [-0.39, 0.29) is 11.4 Å². The first-order valence-corrected chi connectivity index (χ1v) is 8.34. The van der Waals surface area contributed by atoms with Gasteiger partial charge < -0.3 is 5.73 Å². The van der Waals surface area contributed by atoms with Gasteiger partial charge in [-0.1, -0.05) is 35.3 Å². The highest BCUT2D eigenvalue weighted by atomic mass is 35.5. The van der Waals surface area contributed by atoms with Crippen LogP contribution in [0, 0.1) is 6.92 Å². The van der Waals surface area contributed by atoms with Crippen LogP contribution in [0.25, 0.3) is 0 Å². The van der Waals surface area contributed by atoms with Gasteiger partial charge in [0.15, 0.2) is 0 Å². The summed E-state index contributed by atoms with van der Waals surface area (Å²) in [5.41, 5.74) is 7.24. The number of halogens is 2. The number of benzene rings is 2. The second-order valence-corrected chi connectivity index (χ2v) is 7.09. The minimum Gasteiger partial charge on any atom is -0.326 e. The van der Waals surface area contributed by atoms with Gasteiger partial charge in [0.05, 0.1) is 10.6 Å². The average molecular weight is 345 g/mol. The maximum absolute atomic E-state index is 12.5. The Balaban J connectivity index is 2.42. The molecule has 2 aromatic carbocycles. The summed E-state index contributed by atoms with van der Waals surface area (Å²) < 4.78 is 27.4. The molecule has 0 aliphatic carbocycles. The molecule has 0 aliphatic rings. The zero-order valence-corrected chi connectivity index (χ0v) is 13.6. The van der Waals surface area contributed by atoms with Crippen LogP contribution in [-0.4, -0.2) is 8.42 Å². The second-order valence-electron chi connectivity index (χ2n) is 4.57. The first kappa shape index (κ1) is 16.1. The van der Waals surface area contributed by atoms with Gasteiger partial charge in [-0.2, -0.15) is 0 Å². The fourth-order valence-corrected chi connectivity index (χ4v) is 3.75. The van der Waals surface area contributed by atoms with Gasteiger partial charge in [-0.15, -0.1) is 0 Å². The highest BCUT2D eigenvalue weighted by Crippen LogP contribution is 2.26. The Morgan fingerprint density at radius 2 is 1.71 bits per heavy atom. The molecule has 0 spiro atoms. The lowest BCUT2D eigenvalue weighted by Gasteiger charge is -2.12. The van der Waals surface area contributed by atoms with Gasteiger partial charge in [0.2, 0.25) is 0 Å². The van der Waals surface area contributed by atoms with Crippen molar-refractivity contribution >= 4 is 38.9 Å². The first-order chi connectivity index (χ1) is 9.81. The molecule has 112 valence electrons. The van der Waals surface area contributed by atoms with E-state index in [9.17, 15) is 8.42 Å². The van der Waals surface area contributed by atoms with E-state index in [1.165, 1.54) is 18.2 Å². The number of sulfonamides is 1. The summed E-state index contributed by atoms with van der Waals surface area (Å²) in [6, 6.07) is 9.59. The van der Waals surface area contributed by atoms with Crippen molar-refractivity contribution in [2.24, 2.45) is 5.73 Å². The fourth-order valence-electron chi connectivity index (χ4n) is 1.88. The van der Waals surface area contributed by atoms with Gasteiger partial charge in [-0.25, -0.2) is 8.42 Å². The van der Waals surface area contributed by atoms with Gasteiger partial charge in [0.1, 0.15) is 0 Å². The highest BCUT2D eigenvalue weighted by molar-refractivity contribution is 7.92. The summed E-state index contributed by atoms with van der Waals surface area (Å²) >= 11 is 11.7. The Morgan fingerprint density at radius 1 is 1.10 bits per heavy atom. The van der Waals surface area contributed by atoms with E-state index < -0.39 is 10.0 Å². The van der Waals surface area contributed by atoms with Crippen LogP contribution in [0.15, 0.2) is 41.3 Å². The largest absolute Gasteiger partial charge is 0.326 e. The SMILES string of the molecule is Cc1ccc(CN)cc1S(=O)(=O)Nc1cc(Cl)cc(Cl)c1. The Labute approximate surface area is 133 Å². The first-order valence-electron chi connectivity index (χ1n) is 6.10. The highest BCUT2D eigenvalue weighted by Gasteiger charge is 2.18. The normalized spacial score (nSPS) is 11.4. The summed E-state index contributed by atoms with van der Waals surface area (Å²) in [5.74, 6) is 0. The molecule has 0 radical (unpaired) electrons. The fraction of sp³-hybridized carbons (Fsp3) is 0.143. The molecule has 0 amide bonds. The predicted octanol–water partition coefficient (Wildman–Crippen LogP) is 3.56. The molecule has 0 fully saturated rings. The van der Waals surface area contributed by atoms with Crippen LogP contribution in [0.1, 0.15) is 11.1 Å². The Morgan fingerprint density at radius 3 is 2.29 bits per heavy atom. The van der Waals surface area contributed by atoms with E-state index in [1.54, 1.807) is 25.1 Å². The van der Waals surface area contributed by atoms with E-state index in [4.69, 9.17) is 28.9 Å². The lowest BCUT2D eigenvalue weighted by molar-refractivity contribution is 0.600. The molecular weight excluding hydrogens is 331 g/mol. The standard InChI is InChI=1S/C14H14Cl2N2O2S/c1-9-2-3-10(8-17)4-14(9)21(19,20)18-13-6-11(15)5-12(16)7-13/h2-7,18H,8,17H2,1H3. The Bertz CT molecular complexity index is 756.